The van der Waals surface area contributed by atoms with Gasteiger partial charge in [-0.15, -0.1) is 0 Å². The average Bonchev–Trinajstić information content (AvgIpc) is 2.38. The summed E-state index contributed by atoms with van der Waals surface area (Å²) in [4.78, 5) is 24.6. The number of nitrogens with zero attached hydrogens (tertiary/aromatic N) is 1. The highest BCUT2D eigenvalue weighted by molar-refractivity contribution is 5.78. The summed E-state index contributed by atoms with van der Waals surface area (Å²) in [6.45, 7) is 5.73. The van der Waals surface area contributed by atoms with Crippen LogP contribution in [-0.2, 0) is 9.59 Å². The lowest BCUT2D eigenvalue weighted by atomic mass is 9.91. The van der Waals surface area contributed by atoms with Crippen molar-refractivity contribution in [3.8, 4) is 0 Å². The Morgan fingerprint density at radius 2 is 1.78 bits per heavy atom. The van der Waals surface area contributed by atoms with Gasteiger partial charge in [-0.1, -0.05) is 13.8 Å². The molecule has 0 spiro atoms. The Labute approximate surface area is 109 Å². The Hall–Kier alpha value is -1.06. The van der Waals surface area contributed by atoms with Gasteiger partial charge in [-0.05, 0) is 38.0 Å². The summed E-state index contributed by atoms with van der Waals surface area (Å²) in [7, 11) is 0. The van der Waals surface area contributed by atoms with Crippen molar-refractivity contribution in [1.29, 1.82) is 0 Å². The maximum absolute atomic E-state index is 12.2. The number of carboxylic acid groups (broad SMARTS) is 1. The summed E-state index contributed by atoms with van der Waals surface area (Å²) in [6, 6.07) is 0. The van der Waals surface area contributed by atoms with E-state index < -0.39 is 5.97 Å². The van der Waals surface area contributed by atoms with E-state index in [-0.39, 0.29) is 18.2 Å². The third kappa shape index (κ3) is 4.31. The van der Waals surface area contributed by atoms with Gasteiger partial charge >= 0.3 is 5.97 Å². The fourth-order valence-electron chi connectivity index (χ4n) is 2.67. The number of carboxylic acids is 1. The standard InChI is InChI=1S/C14H25NO3/c1-3-12(4-2)14(18)15-9-7-11(8-10-15)5-6-13(16)17/h11-12H,3-10H2,1-2H3,(H,16,17). The summed E-state index contributed by atoms with van der Waals surface area (Å²) in [5.74, 6) is 0.217. The molecule has 0 aliphatic carbocycles. The minimum Gasteiger partial charge on any atom is -0.481 e. The second-order valence-electron chi connectivity index (χ2n) is 5.21. The molecular formula is C14H25NO3. The van der Waals surface area contributed by atoms with Crippen molar-refractivity contribution in [2.24, 2.45) is 11.8 Å². The molecule has 1 N–H and O–H groups in total. The molecule has 18 heavy (non-hydrogen) atoms. The molecule has 0 aromatic heterocycles. The number of aliphatic carboxylic acids is 1. The molecule has 1 amide bonds. The van der Waals surface area contributed by atoms with Gasteiger partial charge < -0.3 is 10.0 Å². The van der Waals surface area contributed by atoms with Crippen molar-refractivity contribution in [2.75, 3.05) is 13.1 Å². The van der Waals surface area contributed by atoms with E-state index in [1.165, 1.54) is 0 Å². The molecule has 1 fully saturated rings. The van der Waals surface area contributed by atoms with Crippen molar-refractivity contribution >= 4 is 11.9 Å². The zero-order valence-corrected chi connectivity index (χ0v) is 11.5. The molecule has 104 valence electrons. The van der Waals surface area contributed by atoms with Crippen LogP contribution in [-0.4, -0.2) is 35.0 Å². The molecule has 1 rings (SSSR count). The average molecular weight is 255 g/mol. The third-order valence-corrected chi connectivity index (χ3v) is 4.03. The van der Waals surface area contributed by atoms with Gasteiger partial charge in [0.15, 0.2) is 0 Å². The molecule has 1 aliphatic rings. The molecule has 0 atom stereocenters. The first-order valence-corrected chi connectivity index (χ1v) is 7.09. The molecule has 1 saturated heterocycles. The number of carbonyl (C=O) groups excluding carboxylic acids is 1. The molecule has 0 aromatic carbocycles. The number of likely N-dealkylation sites (tertiary alicyclic amines) is 1. The summed E-state index contributed by atoms with van der Waals surface area (Å²) in [5, 5.41) is 8.66. The minimum atomic E-state index is -0.717. The number of rotatable bonds is 6. The Morgan fingerprint density at radius 1 is 1.22 bits per heavy atom. The topological polar surface area (TPSA) is 57.6 Å². The first kappa shape index (κ1) is 15.0. The molecule has 0 saturated carbocycles. The van der Waals surface area contributed by atoms with Crippen molar-refractivity contribution in [3.05, 3.63) is 0 Å². The summed E-state index contributed by atoms with van der Waals surface area (Å²) >= 11 is 0. The van der Waals surface area contributed by atoms with Crippen LogP contribution in [0.15, 0.2) is 0 Å². The van der Waals surface area contributed by atoms with Crippen LogP contribution in [0.1, 0.15) is 52.4 Å². The maximum atomic E-state index is 12.2. The molecule has 1 aliphatic heterocycles. The molecule has 1 heterocycles. The van der Waals surface area contributed by atoms with Crippen LogP contribution < -0.4 is 0 Å². The van der Waals surface area contributed by atoms with Crippen molar-refractivity contribution < 1.29 is 14.7 Å². The lowest BCUT2D eigenvalue weighted by Crippen LogP contribution is -2.41. The monoisotopic (exact) mass is 255 g/mol. The van der Waals surface area contributed by atoms with E-state index in [4.69, 9.17) is 5.11 Å². The molecular weight excluding hydrogens is 230 g/mol. The number of hydrogen-bond acceptors (Lipinski definition) is 2. The highest BCUT2D eigenvalue weighted by Gasteiger charge is 2.26. The molecule has 0 radical (unpaired) electrons. The Balaban J connectivity index is 2.34. The van der Waals surface area contributed by atoms with E-state index in [0.29, 0.717) is 5.92 Å². The second-order valence-corrected chi connectivity index (χ2v) is 5.21. The lowest BCUT2D eigenvalue weighted by molar-refractivity contribution is -0.139. The predicted octanol–water partition coefficient (Wildman–Crippen LogP) is 2.53. The van der Waals surface area contributed by atoms with Crippen LogP contribution in [0.5, 0.6) is 0 Å². The normalized spacial score (nSPS) is 17.2. The maximum Gasteiger partial charge on any atom is 0.303 e. The van der Waals surface area contributed by atoms with E-state index in [1.54, 1.807) is 0 Å². The van der Waals surface area contributed by atoms with Crippen molar-refractivity contribution in [1.82, 2.24) is 4.90 Å². The van der Waals surface area contributed by atoms with Crippen molar-refractivity contribution in [3.63, 3.8) is 0 Å². The molecule has 0 unspecified atom stereocenters. The Kier molecular flexibility index (Phi) is 6.16. The second kappa shape index (κ2) is 7.39. The number of hydrogen-bond donors (Lipinski definition) is 1. The zero-order valence-electron chi connectivity index (χ0n) is 11.5. The third-order valence-electron chi connectivity index (χ3n) is 4.03. The van der Waals surface area contributed by atoms with Crippen LogP contribution in [0, 0.1) is 11.8 Å². The molecule has 4 heteroatoms. The quantitative estimate of drug-likeness (QED) is 0.793. The Bertz CT molecular complexity index is 279. The zero-order chi connectivity index (χ0) is 13.5. The van der Waals surface area contributed by atoms with Crippen LogP contribution in [0.4, 0.5) is 0 Å². The summed E-state index contributed by atoms with van der Waals surface area (Å²) in [5.41, 5.74) is 0. The number of piperidine rings is 1. The van der Waals surface area contributed by atoms with Crippen LogP contribution in [0.2, 0.25) is 0 Å². The molecule has 0 aromatic rings. The highest BCUT2D eigenvalue weighted by atomic mass is 16.4. The minimum absolute atomic E-state index is 0.167. The SMILES string of the molecule is CCC(CC)C(=O)N1CCC(CCC(=O)O)CC1. The van der Waals surface area contributed by atoms with Crippen LogP contribution >= 0.6 is 0 Å². The van der Waals surface area contributed by atoms with Crippen molar-refractivity contribution in [2.45, 2.75) is 52.4 Å². The summed E-state index contributed by atoms with van der Waals surface area (Å²) in [6.07, 6.45) is 4.74. The number of amides is 1. The van der Waals surface area contributed by atoms with Crippen LogP contribution in [0.25, 0.3) is 0 Å². The van der Waals surface area contributed by atoms with E-state index in [2.05, 4.69) is 13.8 Å². The van der Waals surface area contributed by atoms with Gasteiger partial charge in [0.25, 0.3) is 0 Å². The lowest BCUT2D eigenvalue weighted by Gasteiger charge is -2.33. The van der Waals surface area contributed by atoms with Gasteiger partial charge in [-0.2, -0.15) is 0 Å². The smallest absolute Gasteiger partial charge is 0.303 e. The van der Waals surface area contributed by atoms with Gasteiger partial charge in [0.2, 0.25) is 5.91 Å². The van der Waals surface area contributed by atoms with E-state index in [1.807, 2.05) is 4.90 Å². The fourth-order valence-corrected chi connectivity index (χ4v) is 2.67. The van der Waals surface area contributed by atoms with Gasteiger partial charge in [0, 0.05) is 25.4 Å². The molecule has 0 bridgehead atoms. The summed E-state index contributed by atoms with van der Waals surface area (Å²) < 4.78 is 0. The largest absolute Gasteiger partial charge is 0.481 e. The fraction of sp³-hybridized carbons (Fsp3) is 0.857. The predicted molar refractivity (Wildman–Crippen MR) is 70.2 cm³/mol. The van der Waals surface area contributed by atoms with Gasteiger partial charge in [0.05, 0.1) is 0 Å². The van der Waals surface area contributed by atoms with Gasteiger partial charge in [-0.3, -0.25) is 9.59 Å². The van der Waals surface area contributed by atoms with E-state index in [0.717, 1.165) is 45.2 Å². The first-order valence-electron chi connectivity index (χ1n) is 7.09. The van der Waals surface area contributed by atoms with Crippen LogP contribution in [0.3, 0.4) is 0 Å². The van der Waals surface area contributed by atoms with E-state index in [9.17, 15) is 9.59 Å². The Morgan fingerprint density at radius 3 is 2.22 bits per heavy atom. The highest BCUT2D eigenvalue weighted by Crippen LogP contribution is 2.24. The van der Waals surface area contributed by atoms with Gasteiger partial charge in [-0.25, -0.2) is 0 Å². The first-order chi connectivity index (χ1) is 8.58. The van der Waals surface area contributed by atoms with Gasteiger partial charge in [0.1, 0.15) is 0 Å². The number of carbonyl (C=O) groups is 2. The molecule has 4 nitrogen and oxygen atoms in total. The van der Waals surface area contributed by atoms with E-state index >= 15 is 0 Å².